The predicted molar refractivity (Wildman–Crippen MR) is 95.9 cm³/mol. The van der Waals surface area contributed by atoms with Crippen molar-refractivity contribution < 1.29 is 9.53 Å². The summed E-state index contributed by atoms with van der Waals surface area (Å²) in [6.07, 6.45) is 0. The smallest absolute Gasteiger partial charge is 0.284 e. The average molecular weight is 335 g/mol. The zero-order valence-corrected chi connectivity index (χ0v) is 13.6. The number of amides is 1. The number of carbonyl (C=O) groups is 1. The molecule has 4 rings (SSSR count). The molecule has 118 valence electrons. The summed E-state index contributed by atoms with van der Waals surface area (Å²) in [5.41, 5.74) is 2.15. The number of benzene rings is 2. The Hall–Kier alpha value is -2.99. The van der Waals surface area contributed by atoms with Crippen LogP contribution in [0, 0.1) is 0 Å². The number of hydrogen-bond donors (Lipinski definition) is 1. The summed E-state index contributed by atoms with van der Waals surface area (Å²) in [5, 5.41) is 4.26. The number of anilines is 1. The van der Waals surface area contributed by atoms with E-state index in [9.17, 15) is 4.79 Å². The van der Waals surface area contributed by atoms with Crippen molar-refractivity contribution in [2.45, 2.75) is 0 Å². The standard InChI is InChI=1S/C18H13N3O2S/c1-23-15-10-9-11-5-4-7-13(16(11)21-15)19-17(22)18-20-12-6-2-3-8-14(12)24-18/h2-10H,1H3,(H,19,22). The number of fused-ring (bicyclic) bond motifs is 2. The van der Waals surface area contributed by atoms with E-state index in [1.54, 1.807) is 13.2 Å². The normalized spacial score (nSPS) is 10.9. The zero-order valence-electron chi connectivity index (χ0n) is 12.8. The molecule has 0 fully saturated rings. The Morgan fingerprint density at radius 1 is 1.04 bits per heavy atom. The van der Waals surface area contributed by atoms with E-state index in [1.165, 1.54) is 11.3 Å². The van der Waals surface area contributed by atoms with E-state index in [0.29, 0.717) is 22.1 Å². The van der Waals surface area contributed by atoms with Gasteiger partial charge in [-0.25, -0.2) is 9.97 Å². The van der Waals surface area contributed by atoms with Crippen LogP contribution in [-0.4, -0.2) is 23.0 Å². The number of pyridine rings is 1. The summed E-state index contributed by atoms with van der Waals surface area (Å²) in [6, 6.07) is 17.0. The molecule has 0 atom stereocenters. The minimum absolute atomic E-state index is 0.242. The summed E-state index contributed by atoms with van der Waals surface area (Å²) >= 11 is 1.37. The highest BCUT2D eigenvalue weighted by molar-refractivity contribution is 7.20. The van der Waals surface area contributed by atoms with Gasteiger partial charge in [-0.3, -0.25) is 4.79 Å². The lowest BCUT2D eigenvalue weighted by Crippen LogP contribution is -2.12. The van der Waals surface area contributed by atoms with Crippen molar-refractivity contribution >= 4 is 44.1 Å². The fourth-order valence-electron chi connectivity index (χ4n) is 2.49. The lowest BCUT2D eigenvalue weighted by Gasteiger charge is -2.08. The van der Waals surface area contributed by atoms with Crippen LogP contribution in [0.3, 0.4) is 0 Å². The number of thiazole rings is 1. The Bertz CT molecular complexity index is 1030. The summed E-state index contributed by atoms with van der Waals surface area (Å²) in [6.45, 7) is 0. The van der Waals surface area contributed by atoms with E-state index >= 15 is 0 Å². The van der Waals surface area contributed by atoms with Gasteiger partial charge < -0.3 is 10.1 Å². The highest BCUT2D eigenvalue weighted by Gasteiger charge is 2.14. The van der Waals surface area contributed by atoms with Gasteiger partial charge in [-0.1, -0.05) is 24.3 Å². The van der Waals surface area contributed by atoms with Crippen LogP contribution in [0.15, 0.2) is 54.6 Å². The van der Waals surface area contributed by atoms with Crippen LogP contribution in [-0.2, 0) is 0 Å². The van der Waals surface area contributed by atoms with Crippen LogP contribution in [0.4, 0.5) is 5.69 Å². The van der Waals surface area contributed by atoms with Crippen LogP contribution < -0.4 is 10.1 Å². The van der Waals surface area contributed by atoms with Gasteiger partial charge in [0.1, 0.15) is 0 Å². The van der Waals surface area contributed by atoms with Gasteiger partial charge in [0, 0.05) is 11.5 Å². The first-order valence-corrected chi connectivity index (χ1v) is 8.17. The average Bonchev–Trinajstić information content (AvgIpc) is 3.06. The van der Waals surface area contributed by atoms with E-state index in [0.717, 1.165) is 15.6 Å². The van der Waals surface area contributed by atoms with Crippen molar-refractivity contribution in [1.29, 1.82) is 0 Å². The maximum Gasteiger partial charge on any atom is 0.284 e. The SMILES string of the molecule is COc1ccc2cccc(NC(=O)c3nc4ccccc4s3)c2n1. The topological polar surface area (TPSA) is 64.1 Å². The Balaban J connectivity index is 1.71. The molecule has 2 aromatic heterocycles. The highest BCUT2D eigenvalue weighted by atomic mass is 32.1. The predicted octanol–water partition coefficient (Wildman–Crippen LogP) is 4.11. The lowest BCUT2D eigenvalue weighted by molar-refractivity contribution is 0.102. The Labute approximate surface area is 141 Å². The van der Waals surface area contributed by atoms with Gasteiger partial charge in [0.2, 0.25) is 5.88 Å². The molecule has 2 aromatic carbocycles. The van der Waals surface area contributed by atoms with Crippen molar-refractivity contribution in [1.82, 2.24) is 9.97 Å². The molecule has 1 amide bonds. The first kappa shape index (κ1) is 14.6. The van der Waals surface area contributed by atoms with Gasteiger partial charge in [0.05, 0.1) is 28.5 Å². The largest absolute Gasteiger partial charge is 0.481 e. The van der Waals surface area contributed by atoms with Crippen LogP contribution in [0.5, 0.6) is 5.88 Å². The molecule has 0 spiro atoms. The molecular formula is C18H13N3O2S. The monoisotopic (exact) mass is 335 g/mol. The molecule has 0 saturated carbocycles. The molecule has 0 unspecified atom stereocenters. The molecule has 0 radical (unpaired) electrons. The number of rotatable bonds is 3. The fourth-order valence-corrected chi connectivity index (χ4v) is 3.35. The first-order valence-electron chi connectivity index (χ1n) is 7.35. The van der Waals surface area contributed by atoms with Gasteiger partial charge in [-0.05, 0) is 24.3 Å². The van der Waals surface area contributed by atoms with Gasteiger partial charge in [0.25, 0.3) is 5.91 Å². The quantitative estimate of drug-likeness (QED) is 0.612. The molecular weight excluding hydrogens is 322 g/mol. The zero-order chi connectivity index (χ0) is 16.5. The summed E-state index contributed by atoms with van der Waals surface area (Å²) in [7, 11) is 1.57. The van der Waals surface area contributed by atoms with E-state index in [-0.39, 0.29) is 5.91 Å². The van der Waals surface area contributed by atoms with Crippen LogP contribution in [0.25, 0.3) is 21.1 Å². The second-order valence-corrected chi connectivity index (χ2v) is 6.20. The van der Waals surface area contributed by atoms with Crippen molar-refractivity contribution in [3.05, 3.63) is 59.6 Å². The maximum absolute atomic E-state index is 12.6. The molecule has 0 aliphatic heterocycles. The Morgan fingerprint density at radius 2 is 1.92 bits per heavy atom. The minimum Gasteiger partial charge on any atom is -0.481 e. The lowest BCUT2D eigenvalue weighted by atomic mass is 10.2. The van der Waals surface area contributed by atoms with E-state index < -0.39 is 0 Å². The number of ether oxygens (including phenoxy) is 1. The summed E-state index contributed by atoms with van der Waals surface area (Å²) in [4.78, 5) is 21.4. The third-order valence-corrected chi connectivity index (χ3v) is 4.68. The van der Waals surface area contributed by atoms with Crippen molar-refractivity contribution in [2.75, 3.05) is 12.4 Å². The second kappa shape index (κ2) is 5.90. The number of para-hydroxylation sites is 2. The number of nitrogens with zero attached hydrogens (tertiary/aromatic N) is 2. The van der Waals surface area contributed by atoms with Crippen LogP contribution >= 0.6 is 11.3 Å². The fraction of sp³-hybridized carbons (Fsp3) is 0.0556. The molecule has 0 saturated heterocycles. The summed E-state index contributed by atoms with van der Waals surface area (Å²) < 4.78 is 6.16. The van der Waals surface area contributed by atoms with E-state index in [1.807, 2.05) is 48.5 Å². The molecule has 4 aromatic rings. The van der Waals surface area contributed by atoms with Crippen molar-refractivity contribution in [3.8, 4) is 5.88 Å². The molecule has 0 aliphatic rings. The molecule has 0 aliphatic carbocycles. The second-order valence-electron chi connectivity index (χ2n) is 5.17. The molecule has 0 bridgehead atoms. The van der Waals surface area contributed by atoms with Crippen LogP contribution in [0.2, 0.25) is 0 Å². The van der Waals surface area contributed by atoms with Gasteiger partial charge in [0.15, 0.2) is 5.01 Å². The number of aromatic nitrogens is 2. The summed E-state index contributed by atoms with van der Waals surface area (Å²) in [5.74, 6) is 0.262. The Morgan fingerprint density at radius 3 is 2.75 bits per heavy atom. The van der Waals surface area contributed by atoms with Gasteiger partial charge in [-0.15, -0.1) is 11.3 Å². The van der Waals surface area contributed by atoms with E-state index in [4.69, 9.17) is 4.74 Å². The van der Waals surface area contributed by atoms with Crippen LogP contribution in [0.1, 0.15) is 9.80 Å². The molecule has 6 heteroatoms. The maximum atomic E-state index is 12.6. The van der Waals surface area contributed by atoms with Crippen molar-refractivity contribution in [2.24, 2.45) is 0 Å². The number of methoxy groups -OCH3 is 1. The molecule has 24 heavy (non-hydrogen) atoms. The number of carbonyl (C=O) groups excluding carboxylic acids is 1. The van der Waals surface area contributed by atoms with Crippen molar-refractivity contribution in [3.63, 3.8) is 0 Å². The van der Waals surface area contributed by atoms with Gasteiger partial charge in [-0.2, -0.15) is 0 Å². The Kier molecular flexibility index (Phi) is 3.59. The third-order valence-electron chi connectivity index (χ3n) is 3.64. The molecule has 2 heterocycles. The highest BCUT2D eigenvalue weighted by Crippen LogP contribution is 2.26. The van der Waals surface area contributed by atoms with E-state index in [2.05, 4.69) is 15.3 Å². The van der Waals surface area contributed by atoms with Gasteiger partial charge >= 0.3 is 0 Å². The number of nitrogens with one attached hydrogen (secondary N) is 1. The number of hydrogen-bond acceptors (Lipinski definition) is 5. The minimum atomic E-state index is -0.242. The first-order chi connectivity index (χ1) is 11.7. The molecule has 1 N–H and O–H groups in total. The third kappa shape index (κ3) is 2.57. The molecule has 5 nitrogen and oxygen atoms in total.